The number of ether oxygens (including phenoxy) is 1. The zero-order chi connectivity index (χ0) is 24.3. The zero-order valence-electron chi connectivity index (χ0n) is 19.3. The molecular weight excluding hydrogens is 452 g/mol. The van der Waals surface area contributed by atoms with Gasteiger partial charge in [-0.3, -0.25) is 4.79 Å². The van der Waals surface area contributed by atoms with E-state index in [1.165, 1.54) is 0 Å². The number of rotatable bonds is 10. The van der Waals surface area contributed by atoms with Crippen molar-refractivity contribution in [1.82, 2.24) is 10.2 Å². The van der Waals surface area contributed by atoms with E-state index in [1.807, 2.05) is 0 Å². The van der Waals surface area contributed by atoms with Crippen LogP contribution in [-0.4, -0.2) is 43.0 Å². The number of carbonyl (C=O) groups excluding carboxylic acids is 2. The van der Waals surface area contributed by atoms with Crippen molar-refractivity contribution in [2.24, 2.45) is 0 Å². The third kappa shape index (κ3) is 7.79. The summed E-state index contributed by atoms with van der Waals surface area (Å²) < 4.78 is 5.74. The highest BCUT2D eigenvalue weighted by molar-refractivity contribution is 6.30. The first-order chi connectivity index (χ1) is 16.5. The lowest BCUT2D eigenvalue weighted by Crippen LogP contribution is -2.34. The first-order valence-corrected chi connectivity index (χ1v) is 11.6. The first-order valence-electron chi connectivity index (χ1n) is 11.2. The van der Waals surface area contributed by atoms with Crippen LogP contribution in [0.1, 0.15) is 24.2 Å². The molecule has 178 valence electrons. The standard InChI is InChI=1S/C26H29ClN4O3/c1-3-31(4-2)18-17-28-25(32)19-5-9-21(10-6-19)29-26(33)30-22-11-15-24(16-12-22)34-23-13-7-20(27)8-14-23/h5-16H,3-4,17-18H2,1-2H3,(H,28,32)(H2,29,30,33). The van der Waals surface area contributed by atoms with Crippen LogP contribution in [0.5, 0.6) is 11.5 Å². The summed E-state index contributed by atoms with van der Waals surface area (Å²) in [5.41, 5.74) is 1.74. The van der Waals surface area contributed by atoms with Crippen molar-refractivity contribution in [3.8, 4) is 11.5 Å². The Labute approximate surface area is 205 Å². The minimum Gasteiger partial charge on any atom is -0.457 e. The molecule has 0 radical (unpaired) electrons. The molecule has 0 bridgehead atoms. The summed E-state index contributed by atoms with van der Waals surface area (Å²) >= 11 is 5.88. The van der Waals surface area contributed by atoms with Gasteiger partial charge in [0.2, 0.25) is 0 Å². The zero-order valence-corrected chi connectivity index (χ0v) is 20.1. The van der Waals surface area contributed by atoms with Crippen molar-refractivity contribution in [3.05, 3.63) is 83.4 Å². The van der Waals surface area contributed by atoms with E-state index in [1.54, 1.807) is 72.8 Å². The molecule has 0 aliphatic carbocycles. The molecule has 0 atom stereocenters. The number of carbonyl (C=O) groups is 2. The fourth-order valence-electron chi connectivity index (χ4n) is 3.21. The van der Waals surface area contributed by atoms with Crippen LogP contribution in [0.15, 0.2) is 72.8 Å². The first kappa shape index (κ1) is 25.1. The van der Waals surface area contributed by atoms with Gasteiger partial charge in [0, 0.05) is 35.1 Å². The van der Waals surface area contributed by atoms with Gasteiger partial charge in [0.1, 0.15) is 11.5 Å². The van der Waals surface area contributed by atoms with E-state index in [-0.39, 0.29) is 11.9 Å². The molecule has 7 nitrogen and oxygen atoms in total. The largest absolute Gasteiger partial charge is 0.457 e. The lowest BCUT2D eigenvalue weighted by molar-refractivity contribution is 0.0949. The van der Waals surface area contributed by atoms with Crippen molar-refractivity contribution >= 4 is 34.9 Å². The lowest BCUT2D eigenvalue weighted by Gasteiger charge is -2.18. The lowest BCUT2D eigenvalue weighted by atomic mass is 10.2. The van der Waals surface area contributed by atoms with Crippen LogP contribution in [0, 0.1) is 0 Å². The predicted octanol–water partition coefficient (Wildman–Crippen LogP) is 5.85. The maximum Gasteiger partial charge on any atom is 0.323 e. The van der Waals surface area contributed by atoms with E-state index in [0.29, 0.717) is 40.0 Å². The highest BCUT2D eigenvalue weighted by Crippen LogP contribution is 2.24. The Balaban J connectivity index is 1.46. The molecule has 0 aliphatic heterocycles. The number of hydrogen-bond donors (Lipinski definition) is 3. The second kappa shape index (κ2) is 12.6. The molecule has 0 heterocycles. The highest BCUT2D eigenvalue weighted by Gasteiger charge is 2.08. The molecule has 3 rings (SSSR count). The number of amides is 3. The molecule has 3 N–H and O–H groups in total. The molecule has 0 saturated carbocycles. The maximum absolute atomic E-state index is 12.3. The molecular formula is C26H29ClN4O3. The van der Waals surface area contributed by atoms with Crippen LogP contribution >= 0.6 is 11.6 Å². The minimum absolute atomic E-state index is 0.135. The average molecular weight is 481 g/mol. The third-order valence-electron chi connectivity index (χ3n) is 5.17. The van der Waals surface area contributed by atoms with E-state index in [4.69, 9.17) is 16.3 Å². The summed E-state index contributed by atoms with van der Waals surface area (Å²) in [6.45, 7) is 7.50. The molecule has 0 aliphatic rings. The quantitative estimate of drug-likeness (QED) is 0.340. The van der Waals surface area contributed by atoms with Crippen molar-refractivity contribution in [2.75, 3.05) is 36.8 Å². The molecule has 0 spiro atoms. The van der Waals surface area contributed by atoms with E-state index >= 15 is 0 Å². The Hall–Kier alpha value is -3.55. The van der Waals surface area contributed by atoms with Crippen molar-refractivity contribution < 1.29 is 14.3 Å². The number of urea groups is 1. The van der Waals surface area contributed by atoms with Crippen LogP contribution < -0.4 is 20.7 Å². The van der Waals surface area contributed by atoms with E-state index in [9.17, 15) is 9.59 Å². The van der Waals surface area contributed by atoms with Crippen LogP contribution in [0.4, 0.5) is 16.2 Å². The number of anilines is 2. The minimum atomic E-state index is -0.386. The molecule has 8 heteroatoms. The van der Waals surface area contributed by atoms with Crippen LogP contribution in [0.2, 0.25) is 5.02 Å². The molecule has 0 unspecified atom stereocenters. The monoisotopic (exact) mass is 480 g/mol. The normalized spacial score (nSPS) is 10.6. The molecule has 0 saturated heterocycles. The summed E-state index contributed by atoms with van der Waals surface area (Å²) in [5, 5.41) is 9.08. The number of benzene rings is 3. The van der Waals surface area contributed by atoms with Crippen LogP contribution in [0.3, 0.4) is 0 Å². The predicted molar refractivity (Wildman–Crippen MR) is 137 cm³/mol. The van der Waals surface area contributed by atoms with Gasteiger partial charge in [-0.1, -0.05) is 25.4 Å². The second-order valence-electron chi connectivity index (χ2n) is 7.52. The fourth-order valence-corrected chi connectivity index (χ4v) is 3.34. The summed E-state index contributed by atoms with van der Waals surface area (Å²) in [4.78, 5) is 26.9. The van der Waals surface area contributed by atoms with Gasteiger partial charge in [0.25, 0.3) is 5.91 Å². The average Bonchev–Trinajstić information content (AvgIpc) is 2.85. The second-order valence-corrected chi connectivity index (χ2v) is 7.96. The van der Waals surface area contributed by atoms with E-state index < -0.39 is 0 Å². The number of nitrogens with zero attached hydrogens (tertiary/aromatic N) is 1. The number of nitrogens with one attached hydrogen (secondary N) is 3. The van der Waals surface area contributed by atoms with Gasteiger partial charge in [0.05, 0.1) is 0 Å². The van der Waals surface area contributed by atoms with Gasteiger partial charge in [-0.15, -0.1) is 0 Å². The Morgan fingerprint density at radius 1 is 0.794 bits per heavy atom. The number of halogens is 1. The third-order valence-corrected chi connectivity index (χ3v) is 5.43. The van der Waals surface area contributed by atoms with E-state index in [0.717, 1.165) is 19.6 Å². The summed E-state index contributed by atoms with van der Waals surface area (Å²) in [5.74, 6) is 1.17. The maximum atomic E-state index is 12.3. The Morgan fingerprint density at radius 3 is 1.82 bits per heavy atom. The SMILES string of the molecule is CCN(CC)CCNC(=O)c1ccc(NC(=O)Nc2ccc(Oc3ccc(Cl)cc3)cc2)cc1. The molecule has 34 heavy (non-hydrogen) atoms. The van der Waals surface area contributed by atoms with E-state index in [2.05, 4.69) is 34.7 Å². The van der Waals surface area contributed by atoms with Gasteiger partial charge in [-0.25, -0.2) is 4.79 Å². The van der Waals surface area contributed by atoms with Crippen LogP contribution in [-0.2, 0) is 0 Å². The summed E-state index contributed by atoms with van der Waals surface area (Å²) in [7, 11) is 0. The topological polar surface area (TPSA) is 82.7 Å². The fraction of sp³-hybridized carbons (Fsp3) is 0.231. The Morgan fingerprint density at radius 2 is 1.29 bits per heavy atom. The van der Waals surface area contributed by atoms with Gasteiger partial charge >= 0.3 is 6.03 Å². The summed E-state index contributed by atoms with van der Waals surface area (Å²) in [6.07, 6.45) is 0. The molecule has 3 amide bonds. The van der Waals surface area contributed by atoms with Crippen molar-refractivity contribution in [1.29, 1.82) is 0 Å². The summed E-state index contributed by atoms with van der Waals surface area (Å²) in [6, 6.07) is 20.5. The number of likely N-dealkylation sites (N-methyl/N-ethyl adjacent to an activating group) is 1. The molecule has 0 aromatic heterocycles. The highest BCUT2D eigenvalue weighted by atomic mass is 35.5. The van der Waals surface area contributed by atoms with Gasteiger partial charge in [0.15, 0.2) is 0 Å². The van der Waals surface area contributed by atoms with Crippen molar-refractivity contribution in [2.45, 2.75) is 13.8 Å². The van der Waals surface area contributed by atoms with Crippen molar-refractivity contribution in [3.63, 3.8) is 0 Å². The smallest absolute Gasteiger partial charge is 0.323 e. The molecule has 0 fully saturated rings. The Bertz CT molecular complexity index is 1070. The van der Waals surface area contributed by atoms with Gasteiger partial charge < -0.3 is 25.6 Å². The van der Waals surface area contributed by atoms with Crippen LogP contribution in [0.25, 0.3) is 0 Å². The number of hydrogen-bond acceptors (Lipinski definition) is 4. The molecule has 3 aromatic rings. The van der Waals surface area contributed by atoms with Gasteiger partial charge in [-0.2, -0.15) is 0 Å². The molecule has 3 aromatic carbocycles. The Kier molecular flexibility index (Phi) is 9.31. The van der Waals surface area contributed by atoms with Gasteiger partial charge in [-0.05, 0) is 85.9 Å².